The fourth-order valence-corrected chi connectivity index (χ4v) is 3.07. The van der Waals surface area contributed by atoms with Crippen molar-refractivity contribution in [3.8, 4) is 5.75 Å². The molecule has 1 rings (SSSR count). The van der Waals surface area contributed by atoms with Crippen molar-refractivity contribution in [3.63, 3.8) is 0 Å². The molecule has 0 aliphatic heterocycles. The van der Waals surface area contributed by atoms with Crippen LogP contribution in [-0.4, -0.2) is 55.8 Å². The molecule has 5 heteroatoms. The highest BCUT2D eigenvalue weighted by Gasteiger charge is 2.22. The van der Waals surface area contributed by atoms with E-state index in [1.54, 1.807) is 0 Å². The summed E-state index contributed by atoms with van der Waals surface area (Å²) < 4.78 is 8.28. The van der Waals surface area contributed by atoms with Gasteiger partial charge in [0, 0.05) is 11.1 Å². The highest BCUT2D eigenvalue weighted by atomic mass is 127. The van der Waals surface area contributed by atoms with Gasteiger partial charge in [-0.3, -0.25) is 0 Å². The Morgan fingerprint density at radius 3 is 1.78 bits per heavy atom. The Morgan fingerprint density at radius 2 is 1.30 bits per heavy atom. The van der Waals surface area contributed by atoms with Gasteiger partial charge in [0.2, 0.25) is 0 Å². The van der Waals surface area contributed by atoms with Gasteiger partial charge in [0.05, 0.1) is 46.9 Å². The van der Waals surface area contributed by atoms with Crippen LogP contribution in [0.5, 0.6) is 5.75 Å². The minimum absolute atomic E-state index is 0. The molecule has 0 fully saturated rings. The van der Waals surface area contributed by atoms with Gasteiger partial charge in [0.25, 0.3) is 0 Å². The number of quaternary nitrogens is 2. The Bertz CT molecular complexity index is 515. The molecule has 0 spiro atoms. The average Bonchev–Trinajstić information content (AvgIpc) is 2.63. The molecule has 0 N–H and O–H groups in total. The largest absolute Gasteiger partial charge is 1.00 e. The van der Waals surface area contributed by atoms with Gasteiger partial charge in [-0.15, -0.1) is 0 Å². The molecule has 0 aliphatic rings. The molecule has 0 saturated carbocycles. The number of benzene rings is 1. The van der Waals surface area contributed by atoms with Crippen LogP contribution in [0.3, 0.4) is 0 Å². The second kappa shape index (κ2) is 14.4. The number of unbranched alkanes of at least 4 members (excludes halogenated alkanes) is 1. The standard InChI is InChI=1S/C22H42N2O.2HI/c1-8-13-16-25-22-15-14-20(18-23(6,9-2)10-3)17-21(22)19-24(7,11-4)12-5;;/h14-15,17H,8-13,16,18-19H2,1-7H3;2*1H/q+2;;/p-2. The summed E-state index contributed by atoms with van der Waals surface area (Å²) in [5.41, 5.74) is 2.81. The Balaban J connectivity index is 0. The van der Waals surface area contributed by atoms with Crippen LogP contribution in [0.1, 0.15) is 58.6 Å². The van der Waals surface area contributed by atoms with Crippen molar-refractivity contribution < 1.29 is 61.7 Å². The Morgan fingerprint density at radius 1 is 0.778 bits per heavy atom. The van der Waals surface area contributed by atoms with E-state index in [1.807, 2.05) is 0 Å². The lowest BCUT2D eigenvalue weighted by molar-refractivity contribution is -0.919. The molecular formula is C22H42I2N2O. The van der Waals surface area contributed by atoms with E-state index >= 15 is 0 Å². The van der Waals surface area contributed by atoms with E-state index in [9.17, 15) is 0 Å². The first-order valence-corrected chi connectivity index (χ1v) is 10.3. The predicted molar refractivity (Wildman–Crippen MR) is 109 cm³/mol. The summed E-state index contributed by atoms with van der Waals surface area (Å²) in [5.74, 6) is 1.09. The molecule has 3 nitrogen and oxygen atoms in total. The normalized spacial score (nSPS) is 11.5. The summed E-state index contributed by atoms with van der Waals surface area (Å²) in [4.78, 5) is 0. The maximum Gasteiger partial charge on any atom is 0.128 e. The Hall–Kier alpha value is 0.400. The van der Waals surface area contributed by atoms with Crippen molar-refractivity contribution in [1.82, 2.24) is 0 Å². The number of rotatable bonds is 12. The highest BCUT2D eigenvalue weighted by Crippen LogP contribution is 2.26. The molecule has 27 heavy (non-hydrogen) atoms. The first-order valence-electron chi connectivity index (χ1n) is 10.3. The maximum absolute atomic E-state index is 6.14. The van der Waals surface area contributed by atoms with Crippen LogP contribution in [0, 0.1) is 0 Å². The van der Waals surface area contributed by atoms with E-state index in [4.69, 9.17) is 4.74 Å². The summed E-state index contributed by atoms with van der Waals surface area (Å²) in [6.45, 7) is 18.9. The third kappa shape index (κ3) is 9.63. The highest BCUT2D eigenvalue weighted by molar-refractivity contribution is 5.36. The topological polar surface area (TPSA) is 9.23 Å². The van der Waals surface area contributed by atoms with Gasteiger partial charge in [-0.1, -0.05) is 13.3 Å². The van der Waals surface area contributed by atoms with Crippen molar-refractivity contribution in [3.05, 3.63) is 29.3 Å². The summed E-state index contributed by atoms with van der Waals surface area (Å²) in [7, 11) is 4.70. The van der Waals surface area contributed by atoms with Crippen LogP contribution in [0.4, 0.5) is 0 Å². The van der Waals surface area contributed by atoms with Gasteiger partial charge in [-0.25, -0.2) is 0 Å². The van der Waals surface area contributed by atoms with Crippen LogP contribution >= 0.6 is 0 Å². The van der Waals surface area contributed by atoms with Crippen LogP contribution in [0.25, 0.3) is 0 Å². The van der Waals surface area contributed by atoms with Gasteiger partial charge >= 0.3 is 0 Å². The molecule has 1 aromatic carbocycles. The number of ether oxygens (including phenoxy) is 1. The van der Waals surface area contributed by atoms with Crippen LogP contribution < -0.4 is 52.7 Å². The molecule has 0 heterocycles. The fourth-order valence-electron chi connectivity index (χ4n) is 3.07. The quantitative estimate of drug-likeness (QED) is 0.167. The summed E-state index contributed by atoms with van der Waals surface area (Å²) in [6.07, 6.45) is 2.30. The minimum Gasteiger partial charge on any atom is -1.00 e. The van der Waals surface area contributed by atoms with Gasteiger partial charge in [-0.2, -0.15) is 0 Å². The molecule has 0 saturated heterocycles. The number of hydrogen-bond acceptors (Lipinski definition) is 1. The summed E-state index contributed by atoms with van der Waals surface area (Å²) in [5, 5.41) is 0. The number of nitrogens with zero attached hydrogens (tertiary/aromatic N) is 2. The number of hydrogen-bond donors (Lipinski definition) is 0. The van der Waals surface area contributed by atoms with E-state index in [2.05, 4.69) is 66.9 Å². The number of halogens is 2. The van der Waals surface area contributed by atoms with Gasteiger partial charge in [-0.05, 0) is 52.3 Å². The molecule has 0 amide bonds. The smallest absolute Gasteiger partial charge is 0.128 e. The monoisotopic (exact) mass is 604 g/mol. The predicted octanol–water partition coefficient (Wildman–Crippen LogP) is -1.15. The second-order valence-electron chi connectivity index (χ2n) is 7.96. The van der Waals surface area contributed by atoms with Crippen molar-refractivity contribution >= 4 is 0 Å². The van der Waals surface area contributed by atoms with E-state index in [1.165, 1.54) is 17.5 Å². The Kier molecular flexibility index (Phi) is 15.8. The second-order valence-corrected chi connectivity index (χ2v) is 7.96. The first-order chi connectivity index (χ1) is 11.8. The van der Waals surface area contributed by atoms with E-state index < -0.39 is 0 Å². The molecule has 0 bridgehead atoms. The summed E-state index contributed by atoms with van der Waals surface area (Å²) in [6, 6.07) is 6.89. The molecular weight excluding hydrogens is 562 g/mol. The van der Waals surface area contributed by atoms with Gasteiger partial charge < -0.3 is 61.7 Å². The van der Waals surface area contributed by atoms with Gasteiger partial charge in [0.15, 0.2) is 0 Å². The van der Waals surface area contributed by atoms with Crippen LogP contribution in [0.15, 0.2) is 18.2 Å². The lowest BCUT2D eigenvalue weighted by atomic mass is 10.1. The lowest BCUT2D eigenvalue weighted by Crippen LogP contribution is -3.00. The van der Waals surface area contributed by atoms with E-state index in [0.29, 0.717) is 0 Å². The van der Waals surface area contributed by atoms with Crippen molar-refractivity contribution in [1.29, 1.82) is 0 Å². The van der Waals surface area contributed by atoms with Crippen molar-refractivity contribution in [2.24, 2.45) is 0 Å². The van der Waals surface area contributed by atoms with Gasteiger partial charge in [0.1, 0.15) is 18.8 Å². The SMILES string of the molecule is CCCCOc1ccc(C[N+](C)(CC)CC)cc1C[N+](C)(CC)CC.[I-].[I-]. The molecule has 0 atom stereocenters. The molecule has 0 aromatic heterocycles. The molecule has 0 aliphatic carbocycles. The molecule has 160 valence electrons. The summed E-state index contributed by atoms with van der Waals surface area (Å²) >= 11 is 0. The minimum atomic E-state index is 0. The molecule has 0 unspecified atom stereocenters. The Labute approximate surface area is 203 Å². The average molecular weight is 604 g/mol. The van der Waals surface area contributed by atoms with E-state index in [-0.39, 0.29) is 48.0 Å². The third-order valence-electron chi connectivity index (χ3n) is 6.05. The first kappa shape index (κ1) is 29.6. The van der Waals surface area contributed by atoms with Crippen LogP contribution in [-0.2, 0) is 13.1 Å². The zero-order valence-electron chi connectivity index (χ0n) is 18.7. The van der Waals surface area contributed by atoms with Crippen molar-refractivity contribution in [2.45, 2.75) is 60.5 Å². The third-order valence-corrected chi connectivity index (χ3v) is 6.05. The lowest BCUT2D eigenvalue weighted by Gasteiger charge is -2.34. The zero-order chi connectivity index (χ0) is 18.9. The molecule has 0 radical (unpaired) electrons. The van der Waals surface area contributed by atoms with E-state index in [0.717, 1.165) is 67.0 Å². The van der Waals surface area contributed by atoms with Crippen molar-refractivity contribution in [2.75, 3.05) is 46.9 Å². The fraction of sp³-hybridized carbons (Fsp3) is 0.727. The zero-order valence-corrected chi connectivity index (χ0v) is 23.0. The molecule has 1 aromatic rings. The maximum atomic E-state index is 6.14. The van der Waals surface area contributed by atoms with Crippen LogP contribution in [0.2, 0.25) is 0 Å².